The number of nitrogens with one attached hydrogen (secondary N) is 1. The Morgan fingerprint density at radius 3 is 2.55 bits per heavy atom. The zero-order valence-corrected chi connectivity index (χ0v) is 12.8. The number of aliphatic hydroxyl groups excluding tert-OH is 1. The summed E-state index contributed by atoms with van der Waals surface area (Å²) in [6, 6.07) is 5.78. The third kappa shape index (κ3) is 4.85. The second-order valence-electron chi connectivity index (χ2n) is 5.09. The zero-order valence-electron chi connectivity index (χ0n) is 12.8. The SMILES string of the molecule is CCC(CC)NC(=O)COc1cc(C)ccc1C(C)O. The summed E-state index contributed by atoms with van der Waals surface area (Å²) in [4.78, 5) is 11.8. The summed E-state index contributed by atoms with van der Waals surface area (Å²) < 4.78 is 5.56. The summed E-state index contributed by atoms with van der Waals surface area (Å²) in [6.45, 7) is 7.69. The Kier molecular flexibility index (Phi) is 6.52. The molecule has 0 saturated heterocycles. The van der Waals surface area contributed by atoms with Crippen LogP contribution in [0.3, 0.4) is 0 Å². The molecule has 4 heteroatoms. The number of hydrogen-bond acceptors (Lipinski definition) is 3. The minimum absolute atomic E-state index is 0.0281. The summed E-state index contributed by atoms with van der Waals surface area (Å²) >= 11 is 0. The third-order valence-corrected chi connectivity index (χ3v) is 3.33. The Hall–Kier alpha value is -1.55. The van der Waals surface area contributed by atoms with Gasteiger partial charge in [-0.3, -0.25) is 4.79 Å². The standard InChI is InChI=1S/C16H25NO3/c1-5-13(6-2)17-16(19)10-20-15-9-11(3)7-8-14(15)12(4)18/h7-9,12-13,18H,5-6,10H2,1-4H3,(H,17,19). The van der Waals surface area contributed by atoms with Gasteiger partial charge < -0.3 is 15.2 Å². The van der Waals surface area contributed by atoms with Gasteiger partial charge in [0.1, 0.15) is 5.75 Å². The molecule has 0 aromatic heterocycles. The van der Waals surface area contributed by atoms with Crippen molar-refractivity contribution < 1.29 is 14.6 Å². The molecule has 1 unspecified atom stereocenters. The lowest BCUT2D eigenvalue weighted by Crippen LogP contribution is -2.37. The van der Waals surface area contributed by atoms with Crippen molar-refractivity contribution in [2.24, 2.45) is 0 Å². The molecule has 2 N–H and O–H groups in total. The average molecular weight is 279 g/mol. The van der Waals surface area contributed by atoms with Gasteiger partial charge in [0.05, 0.1) is 6.10 Å². The maximum atomic E-state index is 11.8. The highest BCUT2D eigenvalue weighted by atomic mass is 16.5. The van der Waals surface area contributed by atoms with E-state index in [2.05, 4.69) is 5.32 Å². The van der Waals surface area contributed by atoms with E-state index >= 15 is 0 Å². The fourth-order valence-electron chi connectivity index (χ4n) is 2.02. The van der Waals surface area contributed by atoms with E-state index in [1.165, 1.54) is 0 Å². The van der Waals surface area contributed by atoms with Gasteiger partial charge in [-0.05, 0) is 38.3 Å². The third-order valence-electron chi connectivity index (χ3n) is 3.33. The van der Waals surface area contributed by atoms with Crippen LogP contribution < -0.4 is 10.1 Å². The number of carbonyl (C=O) groups is 1. The van der Waals surface area contributed by atoms with E-state index in [0.29, 0.717) is 11.3 Å². The molecular weight excluding hydrogens is 254 g/mol. The molecular formula is C16H25NO3. The van der Waals surface area contributed by atoms with Gasteiger partial charge in [0.15, 0.2) is 6.61 Å². The van der Waals surface area contributed by atoms with Crippen LogP contribution in [-0.2, 0) is 4.79 Å². The molecule has 1 atom stereocenters. The van der Waals surface area contributed by atoms with E-state index in [0.717, 1.165) is 18.4 Å². The Morgan fingerprint density at radius 1 is 1.35 bits per heavy atom. The largest absolute Gasteiger partial charge is 0.483 e. The van der Waals surface area contributed by atoms with Crippen molar-refractivity contribution in [2.75, 3.05) is 6.61 Å². The second-order valence-corrected chi connectivity index (χ2v) is 5.09. The average Bonchev–Trinajstić information content (AvgIpc) is 2.42. The fourth-order valence-corrected chi connectivity index (χ4v) is 2.02. The minimum Gasteiger partial charge on any atom is -0.483 e. The smallest absolute Gasteiger partial charge is 0.258 e. The van der Waals surface area contributed by atoms with Gasteiger partial charge in [-0.15, -0.1) is 0 Å². The zero-order chi connectivity index (χ0) is 15.1. The van der Waals surface area contributed by atoms with Crippen LogP contribution in [0, 0.1) is 6.92 Å². The first-order valence-electron chi connectivity index (χ1n) is 7.18. The molecule has 112 valence electrons. The van der Waals surface area contributed by atoms with Gasteiger partial charge in [-0.25, -0.2) is 0 Å². The Labute approximate surface area is 121 Å². The van der Waals surface area contributed by atoms with E-state index < -0.39 is 6.10 Å². The first-order chi connectivity index (χ1) is 9.47. The number of ether oxygens (including phenoxy) is 1. The summed E-state index contributed by atoms with van der Waals surface area (Å²) in [5.41, 5.74) is 1.73. The normalized spacial score (nSPS) is 12.3. The number of aryl methyl sites for hydroxylation is 1. The van der Waals surface area contributed by atoms with Gasteiger partial charge in [0, 0.05) is 11.6 Å². The quantitative estimate of drug-likeness (QED) is 0.807. The van der Waals surface area contributed by atoms with Crippen LogP contribution in [0.2, 0.25) is 0 Å². The number of benzene rings is 1. The summed E-state index contributed by atoms with van der Waals surface area (Å²) in [5.74, 6) is 0.441. The van der Waals surface area contributed by atoms with Crippen molar-refractivity contribution >= 4 is 5.91 Å². The molecule has 0 bridgehead atoms. The fraction of sp³-hybridized carbons (Fsp3) is 0.562. The Morgan fingerprint density at radius 2 is 2.00 bits per heavy atom. The van der Waals surface area contributed by atoms with E-state index in [1.54, 1.807) is 6.92 Å². The molecule has 0 heterocycles. The molecule has 1 amide bonds. The topological polar surface area (TPSA) is 58.6 Å². The molecule has 0 radical (unpaired) electrons. The van der Waals surface area contributed by atoms with Gasteiger partial charge in [-0.2, -0.15) is 0 Å². The molecule has 20 heavy (non-hydrogen) atoms. The monoisotopic (exact) mass is 279 g/mol. The van der Waals surface area contributed by atoms with Crippen molar-refractivity contribution in [3.63, 3.8) is 0 Å². The first-order valence-corrected chi connectivity index (χ1v) is 7.18. The van der Waals surface area contributed by atoms with E-state index in [1.807, 2.05) is 39.0 Å². The van der Waals surface area contributed by atoms with Crippen molar-refractivity contribution in [1.29, 1.82) is 0 Å². The van der Waals surface area contributed by atoms with Crippen LogP contribution in [-0.4, -0.2) is 23.7 Å². The van der Waals surface area contributed by atoms with Crippen molar-refractivity contribution in [3.05, 3.63) is 29.3 Å². The lowest BCUT2D eigenvalue weighted by Gasteiger charge is -2.17. The van der Waals surface area contributed by atoms with Gasteiger partial charge in [0.2, 0.25) is 0 Å². The van der Waals surface area contributed by atoms with Crippen LogP contribution in [0.1, 0.15) is 50.8 Å². The highest BCUT2D eigenvalue weighted by molar-refractivity contribution is 5.77. The van der Waals surface area contributed by atoms with Crippen LogP contribution in [0.5, 0.6) is 5.75 Å². The van der Waals surface area contributed by atoms with Gasteiger partial charge in [-0.1, -0.05) is 26.0 Å². The molecule has 0 aliphatic heterocycles. The Balaban J connectivity index is 2.65. The summed E-state index contributed by atoms with van der Waals surface area (Å²) in [7, 11) is 0. The first kappa shape index (κ1) is 16.5. The van der Waals surface area contributed by atoms with Crippen molar-refractivity contribution in [3.8, 4) is 5.75 Å². The minimum atomic E-state index is -0.618. The molecule has 0 aliphatic rings. The summed E-state index contributed by atoms with van der Waals surface area (Å²) in [6.07, 6.45) is 1.20. The molecule has 0 fully saturated rings. The number of amides is 1. The maximum absolute atomic E-state index is 11.8. The summed E-state index contributed by atoms with van der Waals surface area (Å²) in [5, 5.41) is 12.6. The van der Waals surface area contributed by atoms with Crippen molar-refractivity contribution in [1.82, 2.24) is 5.32 Å². The predicted octanol–water partition coefficient (Wildman–Crippen LogP) is 2.73. The van der Waals surface area contributed by atoms with E-state index in [9.17, 15) is 9.90 Å². The maximum Gasteiger partial charge on any atom is 0.258 e. The van der Waals surface area contributed by atoms with Crippen LogP contribution >= 0.6 is 0 Å². The van der Waals surface area contributed by atoms with Gasteiger partial charge >= 0.3 is 0 Å². The highest BCUT2D eigenvalue weighted by Crippen LogP contribution is 2.26. The van der Waals surface area contributed by atoms with Crippen LogP contribution in [0.15, 0.2) is 18.2 Å². The molecule has 1 aromatic rings. The highest BCUT2D eigenvalue weighted by Gasteiger charge is 2.12. The molecule has 0 aliphatic carbocycles. The predicted molar refractivity (Wildman–Crippen MR) is 79.8 cm³/mol. The Bertz CT molecular complexity index is 439. The number of hydrogen-bond donors (Lipinski definition) is 2. The lowest BCUT2D eigenvalue weighted by molar-refractivity contribution is -0.123. The van der Waals surface area contributed by atoms with Crippen LogP contribution in [0.4, 0.5) is 0 Å². The number of rotatable bonds is 7. The second kappa shape index (κ2) is 7.90. The van der Waals surface area contributed by atoms with E-state index in [-0.39, 0.29) is 18.6 Å². The number of aliphatic hydroxyl groups is 1. The lowest BCUT2D eigenvalue weighted by atomic mass is 10.1. The molecule has 0 spiro atoms. The number of carbonyl (C=O) groups excluding carboxylic acids is 1. The molecule has 0 saturated carbocycles. The van der Waals surface area contributed by atoms with E-state index in [4.69, 9.17) is 4.74 Å². The van der Waals surface area contributed by atoms with Crippen LogP contribution in [0.25, 0.3) is 0 Å². The van der Waals surface area contributed by atoms with Gasteiger partial charge in [0.25, 0.3) is 5.91 Å². The molecule has 1 aromatic carbocycles. The molecule has 1 rings (SSSR count). The molecule has 4 nitrogen and oxygen atoms in total. The van der Waals surface area contributed by atoms with Crippen molar-refractivity contribution in [2.45, 2.75) is 52.7 Å².